The highest BCUT2D eigenvalue weighted by molar-refractivity contribution is 6.18. The number of aromatic nitrogens is 4. The predicted octanol–water partition coefficient (Wildman–Crippen LogP) is 10.6. The lowest BCUT2D eigenvalue weighted by Gasteiger charge is -2.13. The zero-order chi connectivity index (χ0) is 30.2. The van der Waals surface area contributed by atoms with Crippen LogP contribution in [0.4, 0.5) is 0 Å². The fourth-order valence-corrected chi connectivity index (χ4v) is 7.30. The van der Waals surface area contributed by atoms with Gasteiger partial charge in [0.25, 0.3) is 0 Å². The number of rotatable bonds is 3. The molecule has 10 aromatic rings. The average molecular weight is 587 g/mol. The monoisotopic (exact) mass is 586 g/mol. The van der Waals surface area contributed by atoms with Crippen LogP contribution in [0.3, 0.4) is 0 Å². The Bertz CT molecular complexity index is 2810. The molecule has 3 aromatic heterocycles. The third-order valence-electron chi connectivity index (χ3n) is 9.31. The summed E-state index contributed by atoms with van der Waals surface area (Å²) in [4.78, 5) is 10.6. The normalized spacial score (nSPS) is 11.9. The molecule has 46 heavy (non-hydrogen) atoms. The molecule has 0 aliphatic heterocycles. The molecule has 0 spiro atoms. The van der Waals surface area contributed by atoms with Crippen LogP contribution in [0.2, 0.25) is 0 Å². The molecular weight excluding hydrogens is 560 g/mol. The van der Waals surface area contributed by atoms with E-state index in [4.69, 9.17) is 9.97 Å². The van der Waals surface area contributed by atoms with Crippen LogP contribution in [-0.4, -0.2) is 19.1 Å². The first kappa shape index (κ1) is 25.1. The molecule has 214 valence electrons. The van der Waals surface area contributed by atoms with Gasteiger partial charge in [0.1, 0.15) is 0 Å². The van der Waals surface area contributed by atoms with E-state index >= 15 is 0 Å². The Kier molecular flexibility index (Phi) is 5.25. The number of para-hydroxylation sites is 4. The smallest absolute Gasteiger partial charge is 0.235 e. The summed E-state index contributed by atoms with van der Waals surface area (Å²) in [5.41, 5.74) is 8.57. The maximum atomic E-state index is 5.43. The summed E-state index contributed by atoms with van der Waals surface area (Å²) < 4.78 is 4.61. The highest BCUT2D eigenvalue weighted by atomic mass is 15.2. The summed E-state index contributed by atoms with van der Waals surface area (Å²) in [5.74, 6) is 0.667. The quantitative estimate of drug-likeness (QED) is 0.206. The van der Waals surface area contributed by atoms with Crippen LogP contribution in [0.1, 0.15) is 0 Å². The molecule has 7 aromatic carbocycles. The number of fused-ring (bicyclic) bond motifs is 9. The predicted molar refractivity (Wildman–Crippen MR) is 191 cm³/mol. The highest BCUT2D eigenvalue weighted by Crippen LogP contribution is 2.39. The van der Waals surface area contributed by atoms with Crippen molar-refractivity contribution in [2.75, 3.05) is 0 Å². The Balaban J connectivity index is 1.30. The molecule has 0 atom stereocenters. The summed E-state index contributed by atoms with van der Waals surface area (Å²) in [6.45, 7) is 0. The first-order chi connectivity index (χ1) is 22.8. The Morgan fingerprint density at radius 3 is 1.83 bits per heavy atom. The molecule has 0 bridgehead atoms. The molecule has 0 aliphatic rings. The minimum atomic E-state index is 0.667. The van der Waals surface area contributed by atoms with Crippen LogP contribution < -0.4 is 0 Å². The van der Waals surface area contributed by atoms with E-state index in [0.717, 1.165) is 44.4 Å². The summed E-state index contributed by atoms with van der Waals surface area (Å²) in [6, 6.07) is 55.9. The zero-order valence-corrected chi connectivity index (χ0v) is 24.8. The average Bonchev–Trinajstić information content (AvgIpc) is 3.64. The third kappa shape index (κ3) is 3.55. The van der Waals surface area contributed by atoms with Crippen LogP contribution in [0, 0.1) is 0 Å². The van der Waals surface area contributed by atoms with E-state index in [1.54, 1.807) is 0 Å². The molecule has 4 nitrogen and oxygen atoms in total. The van der Waals surface area contributed by atoms with E-state index in [2.05, 4.69) is 167 Å². The van der Waals surface area contributed by atoms with Crippen LogP contribution >= 0.6 is 0 Å². The fourth-order valence-electron chi connectivity index (χ4n) is 7.30. The van der Waals surface area contributed by atoms with Gasteiger partial charge in [-0.3, -0.25) is 4.57 Å². The molecular formula is C42H26N4. The summed E-state index contributed by atoms with van der Waals surface area (Å²) in [6.07, 6.45) is 0. The second kappa shape index (κ2) is 9.62. The van der Waals surface area contributed by atoms with Crippen molar-refractivity contribution in [2.24, 2.45) is 0 Å². The Hall–Kier alpha value is -6.26. The van der Waals surface area contributed by atoms with Gasteiger partial charge in [-0.1, -0.05) is 121 Å². The minimum absolute atomic E-state index is 0.667. The maximum Gasteiger partial charge on any atom is 0.235 e. The molecule has 0 amide bonds. The Labute approximate surface area is 264 Å². The van der Waals surface area contributed by atoms with E-state index in [1.165, 1.54) is 37.8 Å². The molecule has 0 fully saturated rings. The molecule has 0 radical (unpaired) electrons. The molecule has 0 unspecified atom stereocenters. The van der Waals surface area contributed by atoms with E-state index < -0.39 is 0 Å². The van der Waals surface area contributed by atoms with Crippen molar-refractivity contribution in [3.8, 4) is 22.9 Å². The molecule has 0 aliphatic carbocycles. The van der Waals surface area contributed by atoms with Gasteiger partial charge in [0.05, 0.1) is 33.3 Å². The maximum absolute atomic E-state index is 5.43. The van der Waals surface area contributed by atoms with Crippen molar-refractivity contribution in [3.63, 3.8) is 0 Å². The van der Waals surface area contributed by atoms with E-state index in [9.17, 15) is 0 Å². The van der Waals surface area contributed by atoms with Crippen molar-refractivity contribution >= 4 is 65.3 Å². The lowest BCUT2D eigenvalue weighted by atomic mass is 10.0. The van der Waals surface area contributed by atoms with Crippen LogP contribution in [0.15, 0.2) is 158 Å². The van der Waals surface area contributed by atoms with Crippen molar-refractivity contribution in [1.82, 2.24) is 19.1 Å². The number of nitrogens with zero attached hydrogens (tertiary/aromatic N) is 4. The standard InChI is InChI=1S/C42H26N4/c1-2-13-29(14-3-1)45-37-20-10-7-16-31(37)33-24-23-28(26-39(33)45)40-35-18-6-9-19-36(35)43-42(44-40)46-38-21-11-8-17-32(38)34-25-22-27-12-4-5-15-30(27)41(34)46/h1-26H. The highest BCUT2D eigenvalue weighted by Gasteiger charge is 2.20. The van der Waals surface area contributed by atoms with Gasteiger partial charge in [-0.15, -0.1) is 0 Å². The van der Waals surface area contributed by atoms with Crippen molar-refractivity contribution in [2.45, 2.75) is 0 Å². The molecule has 3 heterocycles. The third-order valence-corrected chi connectivity index (χ3v) is 9.31. The number of hydrogen-bond donors (Lipinski definition) is 0. The molecule has 4 heteroatoms. The van der Waals surface area contributed by atoms with E-state index in [0.29, 0.717) is 5.95 Å². The first-order valence-electron chi connectivity index (χ1n) is 15.6. The van der Waals surface area contributed by atoms with Gasteiger partial charge >= 0.3 is 0 Å². The molecule has 0 saturated carbocycles. The fraction of sp³-hybridized carbons (Fsp3) is 0. The van der Waals surface area contributed by atoms with Crippen LogP contribution in [0.25, 0.3) is 88.2 Å². The van der Waals surface area contributed by atoms with Gasteiger partial charge in [-0.05, 0) is 41.8 Å². The minimum Gasteiger partial charge on any atom is -0.309 e. The summed E-state index contributed by atoms with van der Waals surface area (Å²) in [5, 5.41) is 8.24. The summed E-state index contributed by atoms with van der Waals surface area (Å²) >= 11 is 0. The topological polar surface area (TPSA) is 35.6 Å². The largest absolute Gasteiger partial charge is 0.309 e. The number of benzene rings is 7. The Morgan fingerprint density at radius 1 is 0.391 bits per heavy atom. The van der Waals surface area contributed by atoms with E-state index in [-0.39, 0.29) is 0 Å². The number of hydrogen-bond acceptors (Lipinski definition) is 2. The van der Waals surface area contributed by atoms with Gasteiger partial charge in [0, 0.05) is 43.6 Å². The van der Waals surface area contributed by atoms with Gasteiger partial charge in [-0.2, -0.15) is 0 Å². The summed E-state index contributed by atoms with van der Waals surface area (Å²) in [7, 11) is 0. The second-order valence-electron chi connectivity index (χ2n) is 11.8. The zero-order valence-electron chi connectivity index (χ0n) is 24.8. The van der Waals surface area contributed by atoms with Crippen molar-refractivity contribution in [3.05, 3.63) is 158 Å². The lowest BCUT2D eigenvalue weighted by molar-refractivity contribution is 1.02. The first-order valence-corrected chi connectivity index (χ1v) is 15.6. The van der Waals surface area contributed by atoms with Crippen LogP contribution in [-0.2, 0) is 0 Å². The lowest BCUT2D eigenvalue weighted by Crippen LogP contribution is -2.04. The second-order valence-corrected chi connectivity index (χ2v) is 11.8. The van der Waals surface area contributed by atoms with Gasteiger partial charge in [0.2, 0.25) is 5.95 Å². The van der Waals surface area contributed by atoms with Gasteiger partial charge in [-0.25, -0.2) is 9.97 Å². The van der Waals surface area contributed by atoms with Gasteiger partial charge in [0.15, 0.2) is 0 Å². The van der Waals surface area contributed by atoms with E-state index in [1.807, 2.05) is 0 Å². The van der Waals surface area contributed by atoms with Crippen molar-refractivity contribution < 1.29 is 0 Å². The van der Waals surface area contributed by atoms with Crippen LogP contribution in [0.5, 0.6) is 0 Å². The Morgan fingerprint density at radius 2 is 1.00 bits per heavy atom. The molecule has 10 rings (SSSR count). The molecule has 0 saturated heterocycles. The van der Waals surface area contributed by atoms with Crippen molar-refractivity contribution in [1.29, 1.82) is 0 Å². The SMILES string of the molecule is c1ccc(-n2c3ccccc3c3ccc(-c4nc(-n5c6ccccc6c6ccc7ccccc7c65)nc5ccccc45)cc32)cc1. The van der Waals surface area contributed by atoms with Gasteiger partial charge < -0.3 is 4.57 Å². The molecule has 0 N–H and O–H groups in total.